The predicted molar refractivity (Wildman–Crippen MR) is 262 cm³/mol. The van der Waals surface area contributed by atoms with E-state index < -0.39 is 65.8 Å². The first kappa shape index (κ1) is 32.2. The van der Waals surface area contributed by atoms with Crippen molar-refractivity contribution in [3.63, 3.8) is 0 Å². The molecule has 0 unspecified atom stereocenters. The summed E-state index contributed by atoms with van der Waals surface area (Å²) in [6, 6.07) is 28.7. The van der Waals surface area contributed by atoms with Crippen molar-refractivity contribution in [3.05, 3.63) is 185 Å². The first-order chi connectivity index (χ1) is 35.5. The van der Waals surface area contributed by atoms with Gasteiger partial charge in [-0.3, -0.25) is 0 Å². The summed E-state index contributed by atoms with van der Waals surface area (Å²) in [5, 5.41) is 4.79. The van der Waals surface area contributed by atoms with Crippen LogP contribution >= 0.6 is 0 Å². The minimum atomic E-state index is -0.633. The Bertz CT molecular complexity index is 3730. The van der Waals surface area contributed by atoms with Gasteiger partial charge in [0.15, 0.2) is 0 Å². The fourth-order valence-electron chi connectivity index (χ4n) is 8.49. The van der Waals surface area contributed by atoms with Gasteiger partial charge < -0.3 is 0 Å². The third-order valence-electron chi connectivity index (χ3n) is 11.7. The molecule has 0 aliphatic carbocycles. The zero-order valence-electron chi connectivity index (χ0n) is 47.1. The first-order valence-corrected chi connectivity index (χ1v) is 22.7. The van der Waals surface area contributed by atoms with Crippen LogP contribution in [-0.4, -0.2) is 30.8 Å². The molecule has 1 aliphatic rings. The Morgan fingerprint density at radius 2 is 1.32 bits per heavy atom. The normalized spacial score (nSPS) is 14.8. The average Bonchev–Trinajstić information content (AvgIpc) is 3.99. The van der Waals surface area contributed by atoms with Gasteiger partial charge in [-0.25, -0.2) is 0 Å². The van der Waals surface area contributed by atoms with Crippen LogP contribution in [0.4, 0.5) is 11.5 Å². The third-order valence-corrected chi connectivity index (χ3v) is 12.7. The molecule has 0 atom stereocenters. The van der Waals surface area contributed by atoms with Gasteiger partial charge in [0.1, 0.15) is 0 Å². The number of fused-ring (bicyclic) bond motifs is 4. The molecule has 0 radical (unpaired) electrons. The summed E-state index contributed by atoms with van der Waals surface area (Å²) in [7, 11) is 0. The molecule has 0 bridgehead atoms. The van der Waals surface area contributed by atoms with E-state index in [1.807, 2.05) is 109 Å². The van der Waals surface area contributed by atoms with Crippen molar-refractivity contribution in [1.29, 1.82) is 0 Å². The Balaban J connectivity index is 1.19. The summed E-state index contributed by atoms with van der Waals surface area (Å²) in [6.45, 7) is 14.4. The fraction of sp³-hybridized carbons (Fsp3) is 0.196. The number of nitrogens with zero attached hydrogens (tertiary/aromatic N) is 6. The summed E-state index contributed by atoms with van der Waals surface area (Å²) in [5.41, 5.74) is 5.96. The van der Waals surface area contributed by atoms with Gasteiger partial charge in [0.2, 0.25) is 0 Å². The molecule has 0 saturated heterocycles. The van der Waals surface area contributed by atoms with Crippen LogP contribution in [0.15, 0.2) is 158 Å². The van der Waals surface area contributed by atoms with Crippen LogP contribution in [0.3, 0.4) is 0 Å². The van der Waals surface area contributed by atoms with Gasteiger partial charge in [-0.05, 0) is 17.0 Å². The van der Waals surface area contributed by atoms with E-state index >= 15 is 0 Å². The average molecular weight is 1040 g/mol. The van der Waals surface area contributed by atoms with Crippen LogP contribution in [0.1, 0.15) is 79.7 Å². The summed E-state index contributed by atoms with van der Waals surface area (Å²) < 4.78 is 102. The number of imidazole rings is 1. The van der Waals surface area contributed by atoms with E-state index in [1.165, 1.54) is 0 Å². The van der Waals surface area contributed by atoms with Crippen molar-refractivity contribution in [2.24, 2.45) is 0 Å². The van der Waals surface area contributed by atoms with Crippen LogP contribution in [0.2, 0.25) is 6.32 Å². The van der Waals surface area contributed by atoms with E-state index in [2.05, 4.69) is 74.7 Å². The van der Waals surface area contributed by atoms with Gasteiger partial charge in [0, 0.05) is 12.4 Å². The standard InChI is InChI=1S/C56H51BN6O.Pt/c1-8-30-57-62(53-35-41(28-31-58-53)55(2,3)4)52-37-45(26-27-46(52)49-29-32-59-63(49)57)64-44-23-17-22-43(36-44)60-38-61(51-25-16-15-24-50(51)60)54-47(39-18-11-9-12-19-39)33-42(56(5,6)7)34-48(54)40-20-13-10-14-21-40;/h9-29,31-35H,8,30H2,1-7H3;/q-2;/i9D,10D,11D,12D,13D,14D,18D,19D,20D,21D;. The van der Waals surface area contributed by atoms with Crippen molar-refractivity contribution in [2.75, 3.05) is 4.81 Å². The number of anilines is 2. The zero-order chi connectivity index (χ0) is 53.7. The van der Waals surface area contributed by atoms with Crippen molar-refractivity contribution >= 4 is 29.5 Å². The van der Waals surface area contributed by atoms with E-state index in [0.717, 1.165) is 41.1 Å². The molecule has 0 amide bonds. The Morgan fingerprint density at radius 3 is 1.97 bits per heavy atom. The summed E-state index contributed by atoms with van der Waals surface area (Å²) in [6.07, 6.45) is 5.36. The van der Waals surface area contributed by atoms with Crippen LogP contribution in [0, 0.1) is 15.9 Å². The number of para-hydroxylation sites is 2. The van der Waals surface area contributed by atoms with Crippen molar-refractivity contribution in [2.45, 2.75) is 72.0 Å². The summed E-state index contributed by atoms with van der Waals surface area (Å²) in [4.78, 5) is 7.10. The van der Waals surface area contributed by atoms with Crippen LogP contribution < -0.4 is 9.55 Å². The SMILES string of the molecule is [2H]c1c([2H])c([2H])c(-c2cc(C(C)(C)C)cc(-c3c([2H])c([2H])c([2H])c([2H])c3[2H])c2-n2[c](=[Pt])n(-c3[c-]c(Oc4[c-]c5c(cc4)-c4ccnn4B(CCC)N5c4cc(C(C)(C)C)ccn4)ccc3)c3ccccc32)c([2H])c1[2H]. The van der Waals surface area contributed by atoms with E-state index in [0.29, 0.717) is 37.6 Å². The molecule has 0 fully saturated rings. The summed E-state index contributed by atoms with van der Waals surface area (Å²) >= 11 is 2.17. The Morgan fingerprint density at radius 1 is 0.677 bits per heavy atom. The molecule has 9 heteroatoms. The first-order valence-electron chi connectivity index (χ1n) is 26.6. The fourth-order valence-corrected chi connectivity index (χ4v) is 9.57. The topological polar surface area (TPSA) is 53.0 Å². The molecule has 3 aromatic heterocycles. The molecule has 7 nitrogen and oxygen atoms in total. The second kappa shape index (κ2) is 16.8. The third kappa shape index (κ3) is 7.82. The van der Waals surface area contributed by atoms with Gasteiger partial charge in [-0.15, -0.1) is 0 Å². The second-order valence-corrected chi connectivity index (χ2v) is 19.1. The summed E-state index contributed by atoms with van der Waals surface area (Å²) in [5.74, 6) is 1.59. The Kier molecular flexibility index (Phi) is 8.33. The molecular weight excluding hydrogens is 979 g/mol. The molecule has 1 aliphatic heterocycles. The minimum absolute atomic E-state index is 0.110. The molecule has 6 aromatic carbocycles. The number of ether oxygens (including phenoxy) is 1. The van der Waals surface area contributed by atoms with Crippen molar-refractivity contribution in [3.8, 4) is 56.4 Å². The number of pyridine rings is 1. The number of hydrogen-bond donors (Lipinski definition) is 0. The van der Waals surface area contributed by atoms with E-state index in [9.17, 15) is 5.48 Å². The zero-order valence-corrected chi connectivity index (χ0v) is 39.4. The quantitative estimate of drug-likeness (QED) is 0.107. The van der Waals surface area contributed by atoms with Gasteiger partial charge in [-0.2, -0.15) is 5.10 Å². The van der Waals surface area contributed by atoms with Gasteiger partial charge in [0.25, 0.3) is 0 Å². The number of aromatic nitrogens is 5. The second-order valence-electron chi connectivity index (χ2n) is 18.1. The Labute approximate surface area is 407 Å². The molecule has 10 rings (SSSR count). The van der Waals surface area contributed by atoms with Gasteiger partial charge in [0.05, 0.1) is 0 Å². The molecule has 0 N–H and O–H groups in total. The molecule has 0 saturated carbocycles. The van der Waals surface area contributed by atoms with Gasteiger partial charge in [-0.1, -0.05) is 34.1 Å². The van der Waals surface area contributed by atoms with Crippen molar-refractivity contribution < 1.29 is 37.8 Å². The molecule has 326 valence electrons. The number of hydrogen-bond acceptors (Lipinski definition) is 4. The van der Waals surface area contributed by atoms with Crippen LogP contribution in [0.5, 0.6) is 11.5 Å². The molecular formula is C56H51BN6OPt-2. The molecule has 0 spiro atoms. The number of benzene rings is 6. The Hall–Kier alpha value is -6.50. The van der Waals surface area contributed by atoms with Crippen LogP contribution in [0.25, 0.3) is 55.9 Å². The predicted octanol–water partition coefficient (Wildman–Crippen LogP) is 14.0. The number of rotatable bonds is 9. The van der Waals surface area contributed by atoms with Crippen LogP contribution in [-0.2, 0) is 30.2 Å². The molecule has 4 heterocycles. The maximum absolute atomic E-state index is 9.30. The van der Waals surface area contributed by atoms with E-state index in [1.54, 1.807) is 12.1 Å². The van der Waals surface area contributed by atoms with E-state index in [-0.39, 0.29) is 40.3 Å². The van der Waals surface area contributed by atoms with E-state index in [4.69, 9.17) is 23.0 Å². The molecule has 9 aromatic rings. The molecule has 65 heavy (non-hydrogen) atoms. The maximum atomic E-state index is 9.30. The van der Waals surface area contributed by atoms with Gasteiger partial charge >= 0.3 is 341 Å². The van der Waals surface area contributed by atoms with Crippen molar-refractivity contribution in [1.82, 2.24) is 23.8 Å². The monoisotopic (exact) mass is 1040 g/mol.